The zero-order valence-corrected chi connectivity index (χ0v) is 16.7. The number of nitrogens with one attached hydrogen (secondary N) is 1. The van der Waals surface area contributed by atoms with Gasteiger partial charge < -0.3 is 4.74 Å². The van der Waals surface area contributed by atoms with E-state index in [0.29, 0.717) is 17.0 Å². The van der Waals surface area contributed by atoms with Gasteiger partial charge in [-0.05, 0) is 56.2 Å². The number of thiazole rings is 1. The van der Waals surface area contributed by atoms with E-state index in [2.05, 4.69) is 9.71 Å². The van der Waals surface area contributed by atoms with Crippen molar-refractivity contribution in [2.75, 3.05) is 11.8 Å². The smallest absolute Gasteiger partial charge is 0.262 e. The Morgan fingerprint density at radius 2 is 1.85 bits per heavy atom. The van der Waals surface area contributed by atoms with Crippen LogP contribution in [0.1, 0.15) is 16.1 Å². The van der Waals surface area contributed by atoms with Crippen molar-refractivity contribution in [2.45, 2.75) is 25.7 Å². The minimum absolute atomic E-state index is 0.241. The molecule has 1 heterocycles. The summed E-state index contributed by atoms with van der Waals surface area (Å²) in [4.78, 5) is 4.69. The average Bonchev–Trinajstić information content (AvgIpc) is 3.03. The van der Waals surface area contributed by atoms with Crippen LogP contribution in [-0.2, 0) is 10.0 Å². The summed E-state index contributed by atoms with van der Waals surface area (Å²) in [5.41, 5.74) is 3.61. The summed E-state index contributed by atoms with van der Waals surface area (Å²) in [6.45, 7) is 5.52. The van der Waals surface area contributed by atoms with Crippen molar-refractivity contribution in [3.05, 3.63) is 57.9 Å². The van der Waals surface area contributed by atoms with Gasteiger partial charge in [-0.25, -0.2) is 13.4 Å². The lowest BCUT2D eigenvalue weighted by Crippen LogP contribution is -2.14. The minimum Gasteiger partial charge on any atom is -0.496 e. The van der Waals surface area contributed by atoms with E-state index >= 15 is 0 Å². The number of anilines is 1. The van der Waals surface area contributed by atoms with Gasteiger partial charge in [0.1, 0.15) is 5.75 Å². The molecule has 0 aliphatic rings. The van der Waals surface area contributed by atoms with Crippen molar-refractivity contribution >= 4 is 27.0 Å². The Kier molecular flexibility index (Phi) is 5.02. The highest BCUT2D eigenvalue weighted by Crippen LogP contribution is 2.29. The van der Waals surface area contributed by atoms with Gasteiger partial charge in [-0.1, -0.05) is 12.1 Å². The molecule has 0 unspecified atom stereocenters. The lowest BCUT2D eigenvalue weighted by Gasteiger charge is -2.14. The first kappa shape index (κ1) is 18.4. The van der Waals surface area contributed by atoms with Crippen LogP contribution in [0.2, 0.25) is 0 Å². The van der Waals surface area contributed by atoms with Crippen LogP contribution in [0.5, 0.6) is 5.75 Å². The predicted octanol–water partition coefficient (Wildman–Crippen LogP) is 4.54. The summed E-state index contributed by atoms with van der Waals surface area (Å²) in [6.07, 6.45) is 0. The number of nitrogens with zero attached hydrogens (tertiary/aromatic N) is 1. The molecule has 26 heavy (non-hydrogen) atoms. The van der Waals surface area contributed by atoms with E-state index in [-0.39, 0.29) is 4.90 Å². The molecule has 5 nitrogen and oxygen atoms in total. The molecule has 0 atom stereocenters. The SMILES string of the molecule is COc1cc(C)c(S(=O)(=O)Nc2cccc(-c3csc(C)n3)c2)cc1C. The third kappa shape index (κ3) is 3.73. The summed E-state index contributed by atoms with van der Waals surface area (Å²) in [5, 5.41) is 2.93. The summed E-state index contributed by atoms with van der Waals surface area (Å²) < 4.78 is 33.6. The van der Waals surface area contributed by atoms with E-state index < -0.39 is 10.0 Å². The fourth-order valence-corrected chi connectivity index (χ4v) is 4.70. The van der Waals surface area contributed by atoms with Crippen LogP contribution in [0.25, 0.3) is 11.3 Å². The standard InChI is InChI=1S/C19H20N2O3S2/c1-12-9-19(13(2)8-18(12)24-4)26(22,23)21-16-7-5-6-15(10-16)17-11-25-14(3)20-17/h5-11,21H,1-4H3. The molecule has 3 rings (SSSR count). The second kappa shape index (κ2) is 7.09. The largest absolute Gasteiger partial charge is 0.496 e. The Balaban J connectivity index is 1.94. The molecule has 0 radical (unpaired) electrons. The molecule has 0 aliphatic heterocycles. The fraction of sp³-hybridized carbons (Fsp3) is 0.211. The molecule has 2 aromatic carbocycles. The van der Waals surface area contributed by atoms with Crippen LogP contribution < -0.4 is 9.46 Å². The van der Waals surface area contributed by atoms with Crippen LogP contribution >= 0.6 is 11.3 Å². The Labute approximate surface area is 157 Å². The lowest BCUT2D eigenvalue weighted by molar-refractivity contribution is 0.411. The molecule has 0 bridgehead atoms. The number of ether oxygens (including phenoxy) is 1. The number of hydrogen-bond acceptors (Lipinski definition) is 5. The van der Waals surface area contributed by atoms with E-state index in [4.69, 9.17) is 4.74 Å². The number of aryl methyl sites for hydroxylation is 3. The fourth-order valence-electron chi connectivity index (χ4n) is 2.72. The van der Waals surface area contributed by atoms with Crippen molar-refractivity contribution < 1.29 is 13.2 Å². The molecule has 3 aromatic rings. The topological polar surface area (TPSA) is 68.3 Å². The predicted molar refractivity (Wildman–Crippen MR) is 106 cm³/mol. The molecule has 0 saturated carbocycles. The molecule has 0 fully saturated rings. The molecule has 0 amide bonds. The van der Waals surface area contributed by atoms with E-state index in [1.54, 1.807) is 49.6 Å². The van der Waals surface area contributed by atoms with Crippen LogP contribution in [0.3, 0.4) is 0 Å². The Hall–Kier alpha value is -2.38. The molecule has 7 heteroatoms. The summed E-state index contributed by atoms with van der Waals surface area (Å²) >= 11 is 1.56. The van der Waals surface area contributed by atoms with Crippen molar-refractivity contribution in [3.8, 4) is 17.0 Å². The maximum atomic E-state index is 12.9. The first-order valence-corrected chi connectivity index (χ1v) is 10.4. The van der Waals surface area contributed by atoms with Gasteiger partial charge in [0.15, 0.2) is 0 Å². The van der Waals surface area contributed by atoms with Crippen LogP contribution in [-0.4, -0.2) is 20.5 Å². The van der Waals surface area contributed by atoms with Crippen molar-refractivity contribution in [1.29, 1.82) is 0 Å². The van der Waals surface area contributed by atoms with Crippen LogP contribution in [0, 0.1) is 20.8 Å². The van der Waals surface area contributed by atoms with Crippen LogP contribution in [0.4, 0.5) is 5.69 Å². The molecule has 136 valence electrons. The van der Waals surface area contributed by atoms with Gasteiger partial charge in [0, 0.05) is 16.6 Å². The van der Waals surface area contributed by atoms with E-state index in [9.17, 15) is 8.42 Å². The highest BCUT2D eigenvalue weighted by molar-refractivity contribution is 7.92. The van der Waals surface area contributed by atoms with E-state index in [1.165, 1.54) is 0 Å². The monoisotopic (exact) mass is 388 g/mol. The van der Waals surface area contributed by atoms with Gasteiger partial charge in [0.05, 0.1) is 22.7 Å². The summed E-state index contributed by atoms with van der Waals surface area (Å²) in [6, 6.07) is 10.6. The number of benzene rings is 2. The molecule has 0 aliphatic carbocycles. The number of rotatable bonds is 5. The quantitative estimate of drug-likeness (QED) is 0.696. The number of hydrogen-bond donors (Lipinski definition) is 1. The second-order valence-corrected chi connectivity index (χ2v) is 8.74. The van der Waals surface area contributed by atoms with Gasteiger partial charge in [-0.3, -0.25) is 4.72 Å². The molecular formula is C19H20N2O3S2. The maximum absolute atomic E-state index is 12.9. The minimum atomic E-state index is -3.71. The highest BCUT2D eigenvalue weighted by Gasteiger charge is 2.19. The van der Waals surface area contributed by atoms with Gasteiger partial charge in [0.2, 0.25) is 0 Å². The molecule has 0 spiro atoms. The second-order valence-electron chi connectivity index (χ2n) is 6.03. The molecule has 1 N–H and O–H groups in total. The summed E-state index contributed by atoms with van der Waals surface area (Å²) in [7, 11) is -2.14. The van der Waals surface area contributed by atoms with Gasteiger partial charge in [-0.2, -0.15) is 0 Å². The van der Waals surface area contributed by atoms with Crippen LogP contribution in [0.15, 0.2) is 46.7 Å². The number of sulfonamides is 1. The zero-order valence-electron chi connectivity index (χ0n) is 15.0. The Morgan fingerprint density at radius 3 is 2.50 bits per heavy atom. The number of methoxy groups -OCH3 is 1. The normalized spacial score (nSPS) is 11.4. The number of aromatic nitrogens is 1. The van der Waals surface area contributed by atoms with E-state index in [0.717, 1.165) is 21.8 Å². The Bertz CT molecular complexity index is 1060. The van der Waals surface area contributed by atoms with Crippen molar-refractivity contribution in [1.82, 2.24) is 4.98 Å². The van der Waals surface area contributed by atoms with Crippen molar-refractivity contribution in [3.63, 3.8) is 0 Å². The van der Waals surface area contributed by atoms with Gasteiger partial charge >= 0.3 is 0 Å². The third-order valence-corrected chi connectivity index (χ3v) is 6.31. The average molecular weight is 389 g/mol. The first-order chi connectivity index (χ1) is 12.3. The highest BCUT2D eigenvalue weighted by atomic mass is 32.2. The van der Waals surface area contributed by atoms with Gasteiger partial charge in [-0.15, -0.1) is 11.3 Å². The van der Waals surface area contributed by atoms with Crippen molar-refractivity contribution in [2.24, 2.45) is 0 Å². The molecule has 0 saturated heterocycles. The molecule has 1 aromatic heterocycles. The first-order valence-electron chi connectivity index (χ1n) is 8.01. The Morgan fingerprint density at radius 1 is 1.08 bits per heavy atom. The van der Waals surface area contributed by atoms with Gasteiger partial charge in [0.25, 0.3) is 10.0 Å². The lowest BCUT2D eigenvalue weighted by atomic mass is 10.1. The third-order valence-electron chi connectivity index (χ3n) is 4.01. The van der Waals surface area contributed by atoms with E-state index in [1.807, 2.05) is 31.4 Å². The zero-order chi connectivity index (χ0) is 18.9. The summed E-state index contributed by atoms with van der Waals surface area (Å²) in [5.74, 6) is 0.669. The maximum Gasteiger partial charge on any atom is 0.262 e. The molecular weight excluding hydrogens is 368 g/mol.